The van der Waals surface area contributed by atoms with Gasteiger partial charge in [-0.3, -0.25) is 33.7 Å². The number of rotatable bonds is 12. The number of esters is 1. The van der Waals surface area contributed by atoms with E-state index in [2.05, 4.69) is 0 Å². The Balaban J connectivity index is 1.92. The van der Waals surface area contributed by atoms with Gasteiger partial charge in [-0.15, -0.1) is 0 Å². The Labute approximate surface area is 259 Å². The number of carboxylic acids is 3. The van der Waals surface area contributed by atoms with E-state index in [1.165, 1.54) is 17.8 Å². The maximum absolute atomic E-state index is 12.0. The molecule has 0 aliphatic carbocycles. The average Bonchev–Trinajstić information content (AvgIpc) is 2.89. The lowest BCUT2D eigenvalue weighted by molar-refractivity contribution is -0.269. The van der Waals surface area contributed by atoms with E-state index in [4.69, 9.17) is 23.5 Å². The van der Waals surface area contributed by atoms with Gasteiger partial charge in [-0.2, -0.15) is 0 Å². The van der Waals surface area contributed by atoms with Crippen molar-refractivity contribution in [2.75, 3.05) is 26.7 Å². The Kier molecular flexibility index (Phi) is 11.7. The van der Waals surface area contributed by atoms with Crippen molar-refractivity contribution < 1.29 is 67.6 Å². The van der Waals surface area contributed by atoms with Gasteiger partial charge in [0.2, 0.25) is 6.29 Å². The summed E-state index contributed by atoms with van der Waals surface area (Å²) in [5.74, 6) is -6.08. The van der Waals surface area contributed by atoms with Crippen LogP contribution in [-0.2, 0) is 47.5 Å². The van der Waals surface area contributed by atoms with Crippen LogP contribution in [0.5, 0.6) is 5.75 Å². The van der Waals surface area contributed by atoms with E-state index in [0.29, 0.717) is 11.1 Å². The SMILES string of the molecule is CC(=O)OC[C@@H]1O[C@H](Oc2ccc(C=CB3OC(=O)CN(C)CC(=O)O3)cc2C)[C@@](C)(CC(=O)O)[C@@H](CC(=O)O)[C@H]1CC(=O)O. The van der Waals surface area contributed by atoms with Crippen LogP contribution in [0.15, 0.2) is 24.2 Å². The van der Waals surface area contributed by atoms with Gasteiger partial charge in [-0.1, -0.05) is 19.1 Å². The van der Waals surface area contributed by atoms with Crippen molar-refractivity contribution in [3.8, 4) is 5.75 Å². The van der Waals surface area contributed by atoms with Crippen LogP contribution in [0.2, 0.25) is 0 Å². The second-order valence-electron chi connectivity index (χ2n) is 11.4. The van der Waals surface area contributed by atoms with Crippen LogP contribution < -0.4 is 4.74 Å². The molecular formula is C29H36BNO14. The number of ether oxygens (including phenoxy) is 3. The number of aliphatic carboxylic acids is 3. The van der Waals surface area contributed by atoms with Crippen LogP contribution in [-0.4, -0.2) is 102 Å². The lowest BCUT2D eigenvalue weighted by Crippen LogP contribution is -2.59. The molecule has 0 bridgehead atoms. The Morgan fingerprint density at radius 3 is 2.20 bits per heavy atom. The molecular weight excluding hydrogens is 597 g/mol. The second kappa shape index (κ2) is 15.0. The number of carboxylic acid groups (broad SMARTS) is 3. The minimum Gasteiger partial charge on any atom is -0.495 e. The summed E-state index contributed by atoms with van der Waals surface area (Å²) in [6.07, 6.45) is -2.69. The number of hydrogen-bond acceptors (Lipinski definition) is 12. The summed E-state index contributed by atoms with van der Waals surface area (Å²) in [6, 6.07) is 4.86. The van der Waals surface area contributed by atoms with Gasteiger partial charge in [-0.25, -0.2) is 0 Å². The van der Waals surface area contributed by atoms with Crippen molar-refractivity contribution in [1.29, 1.82) is 0 Å². The largest absolute Gasteiger partial charge is 0.628 e. The van der Waals surface area contributed by atoms with Gasteiger partial charge in [0, 0.05) is 24.7 Å². The molecule has 0 radical (unpaired) electrons. The molecule has 45 heavy (non-hydrogen) atoms. The summed E-state index contributed by atoms with van der Waals surface area (Å²) in [7, 11) is 0.343. The molecule has 0 aromatic heterocycles. The first-order valence-corrected chi connectivity index (χ1v) is 14.0. The molecule has 3 N–H and O–H groups in total. The topological polar surface area (TPSA) is 212 Å². The molecule has 2 saturated heterocycles. The summed E-state index contributed by atoms with van der Waals surface area (Å²) < 4.78 is 27.7. The van der Waals surface area contributed by atoms with Gasteiger partial charge in [0.1, 0.15) is 12.4 Å². The fourth-order valence-corrected chi connectivity index (χ4v) is 5.60. The second-order valence-corrected chi connectivity index (χ2v) is 11.4. The highest BCUT2D eigenvalue weighted by Crippen LogP contribution is 2.50. The number of benzene rings is 1. The smallest absolute Gasteiger partial charge is 0.495 e. The van der Waals surface area contributed by atoms with Gasteiger partial charge in [0.05, 0.1) is 32.0 Å². The summed E-state index contributed by atoms with van der Waals surface area (Å²) >= 11 is 0. The third kappa shape index (κ3) is 9.78. The first kappa shape index (κ1) is 35.0. The van der Waals surface area contributed by atoms with Crippen LogP contribution >= 0.6 is 0 Å². The molecule has 3 rings (SSSR count). The van der Waals surface area contributed by atoms with E-state index < -0.39 is 98.4 Å². The Bertz CT molecular complexity index is 1330. The highest BCUT2D eigenvalue weighted by molar-refractivity contribution is 6.55. The van der Waals surface area contributed by atoms with Crippen molar-refractivity contribution in [2.45, 2.75) is 52.4 Å². The van der Waals surface area contributed by atoms with E-state index in [-0.39, 0.29) is 18.8 Å². The summed E-state index contributed by atoms with van der Waals surface area (Å²) in [6.45, 7) is 3.74. The van der Waals surface area contributed by atoms with E-state index in [9.17, 15) is 44.1 Å². The fraction of sp³-hybridized carbons (Fsp3) is 0.517. The maximum atomic E-state index is 12.0. The van der Waals surface area contributed by atoms with E-state index in [1.807, 2.05) is 0 Å². The quantitative estimate of drug-likeness (QED) is 0.219. The number of carbonyl (C=O) groups excluding carboxylic acids is 3. The average molecular weight is 633 g/mol. The molecule has 1 aromatic rings. The molecule has 0 amide bonds. The van der Waals surface area contributed by atoms with E-state index in [0.717, 1.165) is 6.92 Å². The number of hydrogen-bond donors (Lipinski definition) is 3. The van der Waals surface area contributed by atoms with Gasteiger partial charge in [0.25, 0.3) is 0 Å². The molecule has 2 heterocycles. The highest BCUT2D eigenvalue weighted by atomic mass is 16.7. The van der Waals surface area contributed by atoms with E-state index in [1.54, 1.807) is 38.2 Å². The highest BCUT2D eigenvalue weighted by Gasteiger charge is 2.56. The van der Waals surface area contributed by atoms with Crippen LogP contribution in [0, 0.1) is 24.2 Å². The third-order valence-electron chi connectivity index (χ3n) is 7.64. The van der Waals surface area contributed by atoms with Crippen molar-refractivity contribution in [3.63, 3.8) is 0 Å². The molecule has 2 aliphatic heterocycles. The molecule has 1 aromatic carbocycles. The van der Waals surface area contributed by atoms with Gasteiger partial charge >= 0.3 is 42.9 Å². The molecule has 16 heteroatoms. The molecule has 244 valence electrons. The molecule has 2 fully saturated rings. The monoisotopic (exact) mass is 633 g/mol. The van der Waals surface area contributed by atoms with Gasteiger partial charge < -0.3 is 38.8 Å². The van der Waals surface area contributed by atoms with Gasteiger partial charge in [-0.05, 0) is 49.1 Å². The standard InChI is InChI=1S/C29H36BNO14/c1-16-9-18(7-8-30-44-26(39)13-31(4)14-27(40)45-30)5-6-21(16)42-28-29(3,12-25(37)38)20(11-24(35)36)19(10-23(33)34)22(43-28)15-41-17(2)32/h5-9,19-20,22,28H,10-15H2,1-4H3,(H,33,34)(H,35,36)(H,37,38)/t19-,20+,22+,28+,29+/m1/s1. The minimum absolute atomic E-state index is 0.0826. The Morgan fingerprint density at radius 2 is 1.67 bits per heavy atom. The van der Waals surface area contributed by atoms with Crippen molar-refractivity contribution in [2.24, 2.45) is 17.3 Å². The lowest BCUT2D eigenvalue weighted by Gasteiger charge is -2.52. The fourth-order valence-electron chi connectivity index (χ4n) is 5.60. The van der Waals surface area contributed by atoms with Crippen molar-refractivity contribution in [3.05, 3.63) is 35.3 Å². The van der Waals surface area contributed by atoms with Crippen LogP contribution in [0.4, 0.5) is 0 Å². The zero-order valence-corrected chi connectivity index (χ0v) is 25.3. The third-order valence-corrected chi connectivity index (χ3v) is 7.64. The molecule has 0 spiro atoms. The predicted molar refractivity (Wildman–Crippen MR) is 153 cm³/mol. The van der Waals surface area contributed by atoms with Crippen molar-refractivity contribution in [1.82, 2.24) is 4.90 Å². The Hall–Kier alpha value is -4.44. The molecule has 0 saturated carbocycles. The van der Waals surface area contributed by atoms with Crippen LogP contribution in [0.1, 0.15) is 44.2 Å². The minimum atomic E-state index is -1.53. The molecule has 0 unspecified atom stereocenters. The first-order chi connectivity index (χ1) is 21.1. The normalized spacial score (nSPS) is 25.9. The zero-order valence-electron chi connectivity index (χ0n) is 25.3. The van der Waals surface area contributed by atoms with E-state index >= 15 is 0 Å². The summed E-state index contributed by atoms with van der Waals surface area (Å²) in [5, 5.41) is 29.1. The number of carbonyl (C=O) groups is 6. The summed E-state index contributed by atoms with van der Waals surface area (Å²) in [5.41, 5.74) is -0.380. The number of likely N-dealkylation sites (N-methyl/N-ethyl adjacent to an activating group) is 1. The maximum Gasteiger partial charge on any atom is 0.628 e. The van der Waals surface area contributed by atoms with Crippen molar-refractivity contribution >= 4 is 49.0 Å². The number of aryl methyl sites for hydroxylation is 1. The molecule has 15 nitrogen and oxygen atoms in total. The molecule has 2 aliphatic rings. The van der Waals surface area contributed by atoms with Crippen LogP contribution in [0.3, 0.4) is 0 Å². The zero-order chi connectivity index (χ0) is 33.5. The Morgan fingerprint density at radius 1 is 1.04 bits per heavy atom. The van der Waals surface area contributed by atoms with Crippen LogP contribution in [0.25, 0.3) is 6.08 Å². The number of nitrogens with zero attached hydrogens (tertiary/aromatic N) is 1. The summed E-state index contributed by atoms with van der Waals surface area (Å²) in [4.78, 5) is 72.8. The first-order valence-electron chi connectivity index (χ1n) is 14.0. The lowest BCUT2D eigenvalue weighted by atomic mass is 9.62. The molecule has 5 atom stereocenters. The van der Waals surface area contributed by atoms with Gasteiger partial charge in [0.15, 0.2) is 0 Å². The predicted octanol–water partition coefficient (Wildman–Crippen LogP) is 1.40.